The Kier molecular flexibility index (Phi) is 4.02. The molecule has 2 aromatic carbocycles. The molecule has 0 spiro atoms. The molecule has 2 rings (SSSR count). The molecule has 0 aromatic heterocycles. The molecule has 0 heterocycles. The summed E-state index contributed by atoms with van der Waals surface area (Å²) in [6.07, 6.45) is 0. The molecule has 4 heteroatoms. The molecule has 0 aliphatic heterocycles. The normalized spacial score (nSPS) is 9.80. The highest BCUT2D eigenvalue weighted by Crippen LogP contribution is 2.15. The molecule has 0 saturated heterocycles. The number of nitriles is 1. The van der Waals surface area contributed by atoms with Crippen LogP contribution in [0, 0.1) is 18.3 Å². The number of nitrogens with zero attached hydrogens (tertiary/aromatic N) is 1. The standard InChI is InChI=1S/C16H14N2O2/c1-11-8-14(19)6-7-15(11)16(20)18-10-13-4-2-12(9-17)3-5-13/h2-8,19H,10H2,1H3,(H,18,20). The second-order valence-corrected chi connectivity index (χ2v) is 4.49. The molecule has 1 amide bonds. The fourth-order valence-electron chi connectivity index (χ4n) is 1.88. The summed E-state index contributed by atoms with van der Waals surface area (Å²) in [6.45, 7) is 2.17. The van der Waals surface area contributed by atoms with Crippen LogP contribution >= 0.6 is 0 Å². The van der Waals surface area contributed by atoms with Gasteiger partial charge in [-0.15, -0.1) is 0 Å². The van der Waals surface area contributed by atoms with Crippen molar-refractivity contribution in [2.24, 2.45) is 0 Å². The van der Waals surface area contributed by atoms with Crippen molar-refractivity contribution in [1.82, 2.24) is 5.32 Å². The summed E-state index contributed by atoms with van der Waals surface area (Å²) in [5.41, 5.74) is 2.78. The monoisotopic (exact) mass is 266 g/mol. The molecule has 0 fully saturated rings. The molecule has 0 radical (unpaired) electrons. The Balaban J connectivity index is 2.03. The van der Waals surface area contributed by atoms with E-state index in [9.17, 15) is 9.90 Å². The Morgan fingerprint density at radius 3 is 2.55 bits per heavy atom. The first-order chi connectivity index (χ1) is 9.60. The van der Waals surface area contributed by atoms with Gasteiger partial charge in [0.2, 0.25) is 0 Å². The summed E-state index contributed by atoms with van der Waals surface area (Å²) in [7, 11) is 0. The number of nitrogens with one attached hydrogen (secondary N) is 1. The van der Waals surface area contributed by atoms with Crippen LogP contribution in [-0.4, -0.2) is 11.0 Å². The molecule has 0 bridgehead atoms. The van der Waals surface area contributed by atoms with E-state index in [2.05, 4.69) is 5.32 Å². The number of aromatic hydroxyl groups is 1. The van der Waals surface area contributed by atoms with E-state index in [1.807, 2.05) is 18.2 Å². The van der Waals surface area contributed by atoms with Crippen LogP contribution in [0.25, 0.3) is 0 Å². The van der Waals surface area contributed by atoms with Crippen LogP contribution in [0.15, 0.2) is 42.5 Å². The van der Waals surface area contributed by atoms with Crippen molar-refractivity contribution in [3.8, 4) is 11.8 Å². The van der Waals surface area contributed by atoms with Crippen molar-refractivity contribution in [3.05, 3.63) is 64.7 Å². The summed E-state index contributed by atoms with van der Waals surface area (Å²) in [5, 5.41) is 20.8. The van der Waals surface area contributed by atoms with E-state index >= 15 is 0 Å². The number of phenolic OH excluding ortho intramolecular Hbond substituents is 1. The molecular weight excluding hydrogens is 252 g/mol. The maximum absolute atomic E-state index is 12.0. The van der Waals surface area contributed by atoms with Crippen molar-refractivity contribution in [1.29, 1.82) is 5.26 Å². The van der Waals surface area contributed by atoms with Crippen molar-refractivity contribution in [3.63, 3.8) is 0 Å². The first kappa shape index (κ1) is 13.6. The molecule has 0 unspecified atom stereocenters. The number of amides is 1. The van der Waals surface area contributed by atoms with Crippen molar-refractivity contribution >= 4 is 5.91 Å². The quantitative estimate of drug-likeness (QED) is 0.896. The van der Waals surface area contributed by atoms with Gasteiger partial charge in [-0.05, 0) is 48.4 Å². The van der Waals surface area contributed by atoms with Crippen LogP contribution in [0.4, 0.5) is 0 Å². The number of phenols is 1. The summed E-state index contributed by atoms with van der Waals surface area (Å²) < 4.78 is 0. The average Bonchev–Trinajstić information content (AvgIpc) is 2.45. The zero-order chi connectivity index (χ0) is 14.5. The first-order valence-electron chi connectivity index (χ1n) is 6.17. The predicted octanol–water partition coefficient (Wildman–Crippen LogP) is 2.50. The van der Waals surface area contributed by atoms with E-state index in [-0.39, 0.29) is 11.7 Å². The summed E-state index contributed by atoms with van der Waals surface area (Å²) in [5.74, 6) is -0.0435. The van der Waals surface area contributed by atoms with Crippen molar-refractivity contribution in [2.45, 2.75) is 13.5 Å². The smallest absolute Gasteiger partial charge is 0.251 e. The lowest BCUT2D eigenvalue weighted by Gasteiger charge is -2.08. The zero-order valence-electron chi connectivity index (χ0n) is 11.1. The van der Waals surface area contributed by atoms with Gasteiger partial charge in [0, 0.05) is 12.1 Å². The lowest BCUT2D eigenvalue weighted by molar-refractivity contribution is 0.0950. The third kappa shape index (κ3) is 3.15. The average molecular weight is 266 g/mol. The van der Waals surface area contributed by atoms with E-state index in [0.717, 1.165) is 11.1 Å². The largest absolute Gasteiger partial charge is 0.508 e. The molecular formula is C16H14N2O2. The highest BCUT2D eigenvalue weighted by Gasteiger charge is 2.08. The van der Waals surface area contributed by atoms with E-state index in [4.69, 9.17) is 5.26 Å². The fraction of sp³-hybridized carbons (Fsp3) is 0.125. The van der Waals surface area contributed by atoms with Gasteiger partial charge in [-0.25, -0.2) is 0 Å². The predicted molar refractivity (Wildman–Crippen MR) is 75.2 cm³/mol. The minimum absolute atomic E-state index is 0.145. The van der Waals surface area contributed by atoms with Crippen molar-refractivity contribution < 1.29 is 9.90 Å². The third-order valence-electron chi connectivity index (χ3n) is 2.99. The second kappa shape index (κ2) is 5.89. The number of carbonyl (C=O) groups excluding carboxylic acids is 1. The number of benzene rings is 2. The fourth-order valence-corrected chi connectivity index (χ4v) is 1.88. The van der Waals surface area contributed by atoms with Gasteiger partial charge in [-0.1, -0.05) is 12.1 Å². The van der Waals surface area contributed by atoms with Crippen LogP contribution in [0.1, 0.15) is 27.0 Å². The SMILES string of the molecule is Cc1cc(O)ccc1C(=O)NCc1ccc(C#N)cc1. The van der Waals surface area contributed by atoms with Crippen LogP contribution < -0.4 is 5.32 Å². The summed E-state index contributed by atoms with van der Waals surface area (Å²) in [4.78, 5) is 12.0. The molecule has 0 aliphatic carbocycles. The minimum Gasteiger partial charge on any atom is -0.508 e. The van der Waals surface area contributed by atoms with Gasteiger partial charge in [-0.3, -0.25) is 4.79 Å². The number of hydrogen-bond acceptors (Lipinski definition) is 3. The Hall–Kier alpha value is -2.80. The van der Waals surface area contributed by atoms with Gasteiger partial charge < -0.3 is 10.4 Å². The maximum Gasteiger partial charge on any atom is 0.251 e. The van der Waals surface area contributed by atoms with E-state index in [1.165, 1.54) is 6.07 Å². The molecule has 20 heavy (non-hydrogen) atoms. The Bertz CT molecular complexity index is 670. The van der Waals surface area contributed by atoms with E-state index in [1.54, 1.807) is 31.2 Å². The molecule has 2 N–H and O–H groups in total. The van der Waals surface area contributed by atoms with E-state index < -0.39 is 0 Å². The molecule has 0 aliphatic rings. The molecule has 0 saturated carbocycles. The van der Waals surface area contributed by atoms with Gasteiger partial charge in [0.1, 0.15) is 5.75 Å². The lowest BCUT2D eigenvalue weighted by Crippen LogP contribution is -2.23. The topological polar surface area (TPSA) is 73.1 Å². The summed E-state index contributed by atoms with van der Waals surface area (Å²) >= 11 is 0. The number of rotatable bonds is 3. The van der Waals surface area contributed by atoms with Crippen molar-refractivity contribution in [2.75, 3.05) is 0 Å². The van der Waals surface area contributed by atoms with Gasteiger partial charge in [0.25, 0.3) is 5.91 Å². The van der Waals surface area contributed by atoms with Crippen LogP contribution in [0.2, 0.25) is 0 Å². The van der Waals surface area contributed by atoms with Crippen LogP contribution in [-0.2, 0) is 6.54 Å². The molecule has 100 valence electrons. The van der Waals surface area contributed by atoms with Crippen LogP contribution in [0.5, 0.6) is 5.75 Å². The first-order valence-corrected chi connectivity index (χ1v) is 6.17. The number of carbonyl (C=O) groups is 1. The van der Waals surface area contributed by atoms with E-state index in [0.29, 0.717) is 17.7 Å². The highest BCUT2D eigenvalue weighted by atomic mass is 16.3. The zero-order valence-corrected chi connectivity index (χ0v) is 11.1. The van der Waals surface area contributed by atoms with Gasteiger partial charge in [-0.2, -0.15) is 5.26 Å². The molecule has 4 nitrogen and oxygen atoms in total. The second-order valence-electron chi connectivity index (χ2n) is 4.49. The highest BCUT2D eigenvalue weighted by molar-refractivity contribution is 5.95. The third-order valence-corrected chi connectivity index (χ3v) is 2.99. The Morgan fingerprint density at radius 1 is 1.25 bits per heavy atom. The summed E-state index contributed by atoms with van der Waals surface area (Å²) in [6, 6.07) is 13.7. The van der Waals surface area contributed by atoms with Gasteiger partial charge in [0.15, 0.2) is 0 Å². The molecule has 0 atom stereocenters. The number of hydrogen-bond donors (Lipinski definition) is 2. The van der Waals surface area contributed by atoms with Gasteiger partial charge >= 0.3 is 0 Å². The molecule has 2 aromatic rings. The lowest BCUT2D eigenvalue weighted by atomic mass is 10.1. The van der Waals surface area contributed by atoms with Gasteiger partial charge in [0.05, 0.1) is 11.6 Å². The Morgan fingerprint density at radius 2 is 1.95 bits per heavy atom. The number of aryl methyl sites for hydroxylation is 1. The maximum atomic E-state index is 12.0. The Labute approximate surface area is 117 Å². The van der Waals surface area contributed by atoms with Crippen LogP contribution in [0.3, 0.4) is 0 Å². The minimum atomic E-state index is -0.188.